The number of rotatable bonds is 5. The molecule has 5 heteroatoms. The molecule has 2 aliphatic rings. The maximum atomic E-state index is 13.7. The van der Waals surface area contributed by atoms with Gasteiger partial charge in [-0.25, -0.2) is 9.37 Å². The first kappa shape index (κ1) is 13.8. The van der Waals surface area contributed by atoms with Gasteiger partial charge in [-0.1, -0.05) is 11.6 Å². The van der Waals surface area contributed by atoms with Crippen LogP contribution in [0, 0.1) is 17.2 Å². The van der Waals surface area contributed by atoms with Gasteiger partial charge in [-0.2, -0.15) is 0 Å². The minimum atomic E-state index is -0.408. The first-order valence-electron chi connectivity index (χ1n) is 7.53. The van der Waals surface area contributed by atoms with E-state index in [1.807, 2.05) is 0 Å². The van der Waals surface area contributed by atoms with Crippen molar-refractivity contribution in [2.75, 3.05) is 5.88 Å². The van der Waals surface area contributed by atoms with E-state index in [1.165, 1.54) is 31.7 Å². The maximum Gasteiger partial charge on any atom is 0.144 e. The second kappa shape index (κ2) is 4.85. The fraction of sp³-hybridized carbons (Fsp3) is 0.562. The first-order chi connectivity index (χ1) is 10.1. The summed E-state index contributed by atoms with van der Waals surface area (Å²) in [7, 11) is 0. The molecule has 0 spiro atoms. The first-order valence-corrected chi connectivity index (χ1v) is 8.44. The molecule has 1 aromatic carbocycles. The molecule has 2 saturated carbocycles. The van der Waals surface area contributed by atoms with Gasteiger partial charge < -0.3 is 4.57 Å². The lowest BCUT2D eigenvalue weighted by Gasteiger charge is -2.17. The summed E-state index contributed by atoms with van der Waals surface area (Å²) in [6.45, 7) is 0.975. The Balaban J connectivity index is 1.80. The SMILES string of the molecule is Fc1cc2nc(CCCl)n(CC3(C4CC4)CC3)c2cc1Cl. The van der Waals surface area contributed by atoms with E-state index in [0.717, 1.165) is 23.8 Å². The summed E-state index contributed by atoms with van der Waals surface area (Å²) in [5.74, 6) is 1.94. The largest absolute Gasteiger partial charge is 0.327 e. The quantitative estimate of drug-likeness (QED) is 0.721. The molecule has 0 N–H and O–H groups in total. The standard InChI is InChI=1S/C16H17Cl2FN2/c17-6-3-15-20-13-8-12(19)11(18)7-14(13)21(15)9-16(4-5-16)10-1-2-10/h7-8,10H,1-6,9H2. The molecule has 2 aromatic rings. The minimum absolute atomic E-state index is 0.164. The van der Waals surface area contributed by atoms with Crippen molar-refractivity contribution in [1.82, 2.24) is 9.55 Å². The molecular formula is C16H17Cl2FN2. The molecule has 0 radical (unpaired) electrons. The molecule has 0 atom stereocenters. The summed E-state index contributed by atoms with van der Waals surface area (Å²) in [5, 5.41) is 0.164. The molecule has 21 heavy (non-hydrogen) atoms. The average molecular weight is 327 g/mol. The predicted molar refractivity (Wildman–Crippen MR) is 83.5 cm³/mol. The molecule has 0 unspecified atom stereocenters. The summed E-state index contributed by atoms with van der Waals surface area (Å²) >= 11 is 11.9. The van der Waals surface area contributed by atoms with Crippen LogP contribution < -0.4 is 0 Å². The number of hydrogen-bond acceptors (Lipinski definition) is 1. The van der Waals surface area contributed by atoms with Gasteiger partial charge in [0.1, 0.15) is 11.6 Å². The molecule has 0 amide bonds. The zero-order chi connectivity index (χ0) is 14.6. The Morgan fingerprint density at radius 3 is 2.71 bits per heavy atom. The van der Waals surface area contributed by atoms with Crippen LogP contribution in [0.3, 0.4) is 0 Å². The number of aryl methyl sites for hydroxylation is 1. The van der Waals surface area contributed by atoms with Gasteiger partial charge in [0.25, 0.3) is 0 Å². The topological polar surface area (TPSA) is 17.8 Å². The van der Waals surface area contributed by atoms with Crippen LogP contribution in [0.1, 0.15) is 31.5 Å². The molecule has 0 bridgehead atoms. The van der Waals surface area contributed by atoms with E-state index in [-0.39, 0.29) is 5.02 Å². The molecule has 112 valence electrons. The number of hydrogen-bond donors (Lipinski definition) is 0. The lowest BCUT2D eigenvalue weighted by Crippen LogP contribution is -2.16. The third kappa shape index (κ3) is 2.35. The van der Waals surface area contributed by atoms with Crippen LogP contribution in [0.15, 0.2) is 12.1 Å². The molecule has 2 fully saturated rings. The fourth-order valence-corrected chi connectivity index (χ4v) is 3.82. The Kier molecular flexibility index (Phi) is 3.20. The molecule has 2 nitrogen and oxygen atoms in total. The van der Waals surface area contributed by atoms with Crippen LogP contribution in [-0.4, -0.2) is 15.4 Å². The third-order valence-electron chi connectivity index (χ3n) is 5.00. The number of benzene rings is 1. The van der Waals surface area contributed by atoms with Crippen LogP contribution in [0.4, 0.5) is 4.39 Å². The fourth-order valence-electron chi connectivity index (χ4n) is 3.49. The number of fused-ring (bicyclic) bond motifs is 1. The van der Waals surface area contributed by atoms with Crippen molar-refractivity contribution in [3.05, 3.63) is 28.8 Å². The highest BCUT2D eigenvalue weighted by Gasteiger charge is 2.54. The summed E-state index contributed by atoms with van der Waals surface area (Å²) in [5.41, 5.74) is 2.08. The Morgan fingerprint density at radius 2 is 2.10 bits per heavy atom. The number of alkyl halides is 1. The molecular weight excluding hydrogens is 310 g/mol. The number of nitrogens with zero attached hydrogens (tertiary/aromatic N) is 2. The Hall–Kier alpha value is -0.800. The van der Waals surface area contributed by atoms with Crippen LogP contribution in [0.5, 0.6) is 0 Å². The van der Waals surface area contributed by atoms with Crippen LogP contribution in [0.2, 0.25) is 5.02 Å². The van der Waals surface area contributed by atoms with Crippen molar-refractivity contribution < 1.29 is 4.39 Å². The minimum Gasteiger partial charge on any atom is -0.327 e. The van der Waals surface area contributed by atoms with Crippen molar-refractivity contribution >= 4 is 34.2 Å². The van der Waals surface area contributed by atoms with E-state index in [1.54, 1.807) is 6.07 Å². The van der Waals surface area contributed by atoms with Crippen molar-refractivity contribution in [3.8, 4) is 0 Å². The maximum absolute atomic E-state index is 13.7. The van der Waals surface area contributed by atoms with Crippen molar-refractivity contribution in [2.45, 2.75) is 38.6 Å². The van der Waals surface area contributed by atoms with Gasteiger partial charge in [0.05, 0.1) is 16.1 Å². The van der Waals surface area contributed by atoms with E-state index in [4.69, 9.17) is 23.2 Å². The predicted octanol–water partition coefficient (Wildman–Crippen LogP) is 4.80. The van der Waals surface area contributed by atoms with E-state index in [2.05, 4.69) is 9.55 Å². The second-order valence-corrected chi connectivity index (χ2v) is 7.23. The Bertz CT molecular complexity index is 702. The highest BCUT2D eigenvalue weighted by atomic mass is 35.5. The summed E-state index contributed by atoms with van der Waals surface area (Å²) in [6, 6.07) is 3.14. The molecule has 2 aliphatic carbocycles. The Morgan fingerprint density at radius 1 is 1.33 bits per heavy atom. The van der Waals surface area contributed by atoms with Crippen LogP contribution in [0.25, 0.3) is 11.0 Å². The number of imidazole rings is 1. The van der Waals surface area contributed by atoms with E-state index >= 15 is 0 Å². The molecule has 1 aromatic heterocycles. The monoisotopic (exact) mass is 326 g/mol. The van der Waals surface area contributed by atoms with Crippen molar-refractivity contribution in [3.63, 3.8) is 0 Å². The van der Waals surface area contributed by atoms with Gasteiger partial charge in [0, 0.05) is 24.9 Å². The number of halogens is 3. The van der Waals surface area contributed by atoms with Gasteiger partial charge in [-0.05, 0) is 43.1 Å². The van der Waals surface area contributed by atoms with E-state index < -0.39 is 5.82 Å². The highest BCUT2D eigenvalue weighted by Crippen LogP contribution is 2.62. The smallest absolute Gasteiger partial charge is 0.144 e. The molecule has 4 rings (SSSR count). The second-order valence-electron chi connectivity index (χ2n) is 6.44. The molecule has 1 heterocycles. The lowest BCUT2D eigenvalue weighted by molar-refractivity contribution is 0.369. The highest BCUT2D eigenvalue weighted by molar-refractivity contribution is 6.31. The normalized spacial score (nSPS) is 20.1. The average Bonchev–Trinajstić information content (AvgIpc) is 3.33. The van der Waals surface area contributed by atoms with Gasteiger partial charge in [-0.15, -0.1) is 11.6 Å². The van der Waals surface area contributed by atoms with Gasteiger partial charge in [0.15, 0.2) is 0 Å². The summed E-state index contributed by atoms with van der Waals surface area (Å²) in [4.78, 5) is 4.58. The third-order valence-corrected chi connectivity index (χ3v) is 5.47. The van der Waals surface area contributed by atoms with Crippen LogP contribution >= 0.6 is 23.2 Å². The zero-order valence-electron chi connectivity index (χ0n) is 11.7. The van der Waals surface area contributed by atoms with E-state index in [0.29, 0.717) is 23.2 Å². The van der Waals surface area contributed by atoms with Crippen molar-refractivity contribution in [1.29, 1.82) is 0 Å². The Labute approximate surface area is 133 Å². The van der Waals surface area contributed by atoms with Gasteiger partial charge in [-0.3, -0.25) is 0 Å². The zero-order valence-corrected chi connectivity index (χ0v) is 13.2. The lowest BCUT2D eigenvalue weighted by atomic mass is 10.0. The molecule has 0 aliphatic heterocycles. The number of aromatic nitrogens is 2. The van der Waals surface area contributed by atoms with Crippen molar-refractivity contribution in [2.24, 2.45) is 11.3 Å². The van der Waals surface area contributed by atoms with E-state index in [9.17, 15) is 4.39 Å². The summed E-state index contributed by atoms with van der Waals surface area (Å²) < 4.78 is 15.9. The molecule has 0 saturated heterocycles. The van der Waals surface area contributed by atoms with Gasteiger partial charge in [0.2, 0.25) is 0 Å². The van der Waals surface area contributed by atoms with Gasteiger partial charge >= 0.3 is 0 Å². The van der Waals surface area contributed by atoms with Crippen LogP contribution in [-0.2, 0) is 13.0 Å². The summed E-state index contributed by atoms with van der Waals surface area (Å²) in [6.07, 6.45) is 6.01.